The van der Waals surface area contributed by atoms with Crippen LogP contribution >= 0.6 is 0 Å². The topological polar surface area (TPSA) is 57.7 Å². The quantitative estimate of drug-likeness (QED) is 0.786. The molecular weight excluding hydrogens is 280 g/mol. The minimum absolute atomic E-state index is 0.0988. The van der Waals surface area contributed by atoms with Gasteiger partial charge in [0.15, 0.2) is 0 Å². The summed E-state index contributed by atoms with van der Waals surface area (Å²) >= 11 is 0. The summed E-state index contributed by atoms with van der Waals surface area (Å²) in [6, 6.07) is 5.19. The molecular formula is C17H22N2O3. The second kappa shape index (κ2) is 5.91. The highest BCUT2D eigenvalue weighted by atomic mass is 16.2. The molecule has 0 unspecified atom stereocenters. The molecule has 1 aliphatic rings. The summed E-state index contributed by atoms with van der Waals surface area (Å²) in [7, 11) is 0. The number of fused-ring (bicyclic) bond motifs is 1. The van der Waals surface area contributed by atoms with Crippen molar-refractivity contribution in [2.24, 2.45) is 0 Å². The molecule has 0 aromatic heterocycles. The van der Waals surface area contributed by atoms with Crippen LogP contribution in [0.5, 0.6) is 0 Å². The SMILES string of the molecule is Cc1cccc2c1CN(C(=O)C(=O)N(C(C)C)C(C)C)C2=O. The normalized spacial score (nSPS) is 13.8. The van der Waals surface area contributed by atoms with E-state index in [4.69, 9.17) is 0 Å². The first-order valence-electron chi connectivity index (χ1n) is 7.52. The third-order valence-corrected chi connectivity index (χ3v) is 3.98. The van der Waals surface area contributed by atoms with Crippen LogP contribution in [0.15, 0.2) is 18.2 Å². The fourth-order valence-corrected chi connectivity index (χ4v) is 2.94. The van der Waals surface area contributed by atoms with Crippen LogP contribution in [0.4, 0.5) is 0 Å². The Hall–Kier alpha value is -2.17. The molecule has 0 saturated heterocycles. The van der Waals surface area contributed by atoms with Crippen LogP contribution in [0.3, 0.4) is 0 Å². The largest absolute Gasteiger partial charge is 0.330 e. The van der Waals surface area contributed by atoms with Crippen molar-refractivity contribution >= 4 is 17.7 Å². The lowest BCUT2D eigenvalue weighted by molar-refractivity contribution is -0.152. The Morgan fingerprint density at radius 2 is 1.73 bits per heavy atom. The molecule has 3 amide bonds. The molecule has 0 fully saturated rings. The molecule has 1 heterocycles. The maximum Gasteiger partial charge on any atom is 0.319 e. The fourth-order valence-electron chi connectivity index (χ4n) is 2.94. The zero-order valence-corrected chi connectivity index (χ0v) is 13.7. The third-order valence-electron chi connectivity index (χ3n) is 3.98. The Morgan fingerprint density at radius 3 is 2.23 bits per heavy atom. The molecule has 22 heavy (non-hydrogen) atoms. The summed E-state index contributed by atoms with van der Waals surface area (Å²) in [6.45, 7) is 9.50. The number of carbonyl (C=O) groups excluding carboxylic acids is 3. The minimum atomic E-state index is -0.747. The van der Waals surface area contributed by atoms with Crippen molar-refractivity contribution in [2.75, 3.05) is 0 Å². The van der Waals surface area contributed by atoms with Crippen molar-refractivity contribution in [3.05, 3.63) is 34.9 Å². The number of hydrogen-bond acceptors (Lipinski definition) is 3. The molecule has 0 bridgehead atoms. The van der Waals surface area contributed by atoms with Gasteiger partial charge in [-0.15, -0.1) is 0 Å². The summed E-state index contributed by atoms with van der Waals surface area (Å²) in [5.74, 6) is -1.75. The van der Waals surface area contributed by atoms with Crippen LogP contribution < -0.4 is 0 Å². The lowest BCUT2D eigenvalue weighted by Crippen LogP contribution is -2.50. The molecule has 0 radical (unpaired) electrons. The molecule has 2 rings (SSSR count). The van der Waals surface area contributed by atoms with Gasteiger partial charge in [-0.1, -0.05) is 12.1 Å². The lowest BCUT2D eigenvalue weighted by atomic mass is 10.1. The van der Waals surface area contributed by atoms with Gasteiger partial charge in [0, 0.05) is 17.6 Å². The molecule has 5 heteroatoms. The molecule has 1 aromatic rings. The van der Waals surface area contributed by atoms with E-state index in [0.717, 1.165) is 16.0 Å². The van der Waals surface area contributed by atoms with Crippen molar-refractivity contribution in [3.8, 4) is 0 Å². The maximum absolute atomic E-state index is 12.5. The summed E-state index contributed by atoms with van der Waals surface area (Å²) in [5, 5.41) is 0. The molecule has 0 N–H and O–H groups in total. The van der Waals surface area contributed by atoms with E-state index < -0.39 is 11.8 Å². The van der Waals surface area contributed by atoms with Gasteiger partial charge in [-0.25, -0.2) is 0 Å². The Kier molecular flexibility index (Phi) is 4.35. The van der Waals surface area contributed by atoms with Gasteiger partial charge in [-0.2, -0.15) is 0 Å². The van der Waals surface area contributed by atoms with Gasteiger partial charge >= 0.3 is 11.8 Å². The molecule has 0 atom stereocenters. The van der Waals surface area contributed by atoms with Crippen molar-refractivity contribution in [1.82, 2.24) is 9.80 Å². The van der Waals surface area contributed by atoms with Crippen LogP contribution in [-0.4, -0.2) is 39.6 Å². The Bertz CT molecular complexity index is 627. The Morgan fingerprint density at radius 1 is 1.14 bits per heavy atom. The first kappa shape index (κ1) is 16.2. The second-order valence-corrected chi connectivity index (χ2v) is 6.20. The van der Waals surface area contributed by atoms with E-state index in [1.165, 1.54) is 4.90 Å². The van der Waals surface area contributed by atoms with Crippen LogP contribution in [-0.2, 0) is 16.1 Å². The number of rotatable bonds is 2. The summed E-state index contributed by atoms with van der Waals surface area (Å²) in [4.78, 5) is 39.9. The minimum Gasteiger partial charge on any atom is -0.330 e. The highest BCUT2D eigenvalue weighted by molar-refractivity contribution is 6.38. The highest BCUT2D eigenvalue weighted by Gasteiger charge is 2.38. The van der Waals surface area contributed by atoms with Gasteiger partial charge in [-0.05, 0) is 51.8 Å². The van der Waals surface area contributed by atoms with E-state index in [2.05, 4.69) is 0 Å². The van der Waals surface area contributed by atoms with Crippen LogP contribution in [0.1, 0.15) is 49.2 Å². The Labute approximate surface area is 130 Å². The first-order chi connectivity index (χ1) is 10.3. The van der Waals surface area contributed by atoms with Gasteiger partial charge in [0.1, 0.15) is 0 Å². The zero-order valence-electron chi connectivity index (χ0n) is 13.7. The molecule has 1 aliphatic heterocycles. The molecule has 1 aromatic carbocycles. The predicted molar refractivity (Wildman–Crippen MR) is 83.2 cm³/mol. The van der Waals surface area contributed by atoms with E-state index in [1.54, 1.807) is 12.1 Å². The number of carbonyl (C=O) groups is 3. The van der Waals surface area contributed by atoms with Crippen molar-refractivity contribution in [2.45, 2.75) is 53.2 Å². The summed E-state index contributed by atoms with van der Waals surface area (Å²) in [6.07, 6.45) is 0. The lowest BCUT2D eigenvalue weighted by Gasteiger charge is -2.31. The molecule has 0 saturated carbocycles. The monoisotopic (exact) mass is 302 g/mol. The van der Waals surface area contributed by atoms with Gasteiger partial charge in [-0.3, -0.25) is 19.3 Å². The standard InChI is InChI=1S/C17H22N2O3/c1-10(2)19(11(3)4)17(22)16(21)18-9-14-12(5)7-6-8-13(14)15(18)20/h6-8,10-11H,9H2,1-5H3. The predicted octanol–water partition coefficient (Wildman–Crippen LogP) is 2.12. The maximum atomic E-state index is 12.5. The summed E-state index contributed by atoms with van der Waals surface area (Å²) in [5.41, 5.74) is 2.30. The molecule has 0 spiro atoms. The number of nitrogens with zero attached hydrogens (tertiary/aromatic N) is 2. The van der Waals surface area contributed by atoms with Crippen molar-refractivity contribution < 1.29 is 14.4 Å². The number of aryl methyl sites for hydroxylation is 1. The number of hydrogen-bond donors (Lipinski definition) is 0. The molecule has 118 valence electrons. The Balaban J connectivity index is 2.27. The van der Waals surface area contributed by atoms with E-state index in [9.17, 15) is 14.4 Å². The highest BCUT2D eigenvalue weighted by Crippen LogP contribution is 2.26. The van der Waals surface area contributed by atoms with Gasteiger partial charge in [0.2, 0.25) is 0 Å². The van der Waals surface area contributed by atoms with Gasteiger partial charge in [0.05, 0.1) is 6.54 Å². The van der Waals surface area contributed by atoms with Gasteiger partial charge < -0.3 is 4.90 Å². The molecule has 5 nitrogen and oxygen atoms in total. The van der Waals surface area contributed by atoms with Crippen LogP contribution in [0, 0.1) is 6.92 Å². The van der Waals surface area contributed by atoms with Crippen molar-refractivity contribution in [1.29, 1.82) is 0 Å². The third kappa shape index (κ3) is 2.63. The van der Waals surface area contributed by atoms with E-state index in [-0.39, 0.29) is 24.5 Å². The van der Waals surface area contributed by atoms with Crippen LogP contribution in [0.25, 0.3) is 0 Å². The number of imide groups is 1. The molecule has 0 aliphatic carbocycles. The van der Waals surface area contributed by atoms with E-state index >= 15 is 0 Å². The van der Waals surface area contributed by atoms with Crippen molar-refractivity contribution in [3.63, 3.8) is 0 Å². The second-order valence-electron chi connectivity index (χ2n) is 6.20. The fraction of sp³-hybridized carbons (Fsp3) is 0.471. The number of benzene rings is 1. The van der Waals surface area contributed by atoms with E-state index in [0.29, 0.717) is 5.56 Å². The van der Waals surface area contributed by atoms with E-state index in [1.807, 2.05) is 40.7 Å². The average molecular weight is 302 g/mol. The first-order valence-corrected chi connectivity index (χ1v) is 7.52. The van der Waals surface area contributed by atoms with Crippen LogP contribution in [0.2, 0.25) is 0 Å². The van der Waals surface area contributed by atoms with Gasteiger partial charge in [0.25, 0.3) is 5.91 Å². The summed E-state index contributed by atoms with van der Waals surface area (Å²) < 4.78 is 0. The smallest absolute Gasteiger partial charge is 0.319 e. The average Bonchev–Trinajstić information content (AvgIpc) is 2.76. The zero-order chi connectivity index (χ0) is 16.6. The number of amides is 3.